The molecular weight excluding hydrogens is 1040 g/mol. The number of nitrogens with zero attached hydrogens (tertiary/aromatic N) is 16. The van der Waals surface area contributed by atoms with Crippen LogP contribution in [0.1, 0.15) is 90.2 Å². The number of aromatic nitrogens is 16. The first-order valence-corrected chi connectivity index (χ1v) is 25.9. The molecule has 0 aliphatic heterocycles. The highest BCUT2D eigenvalue weighted by Gasteiger charge is 2.11. The van der Waals surface area contributed by atoms with E-state index in [1.807, 2.05) is 102 Å². The summed E-state index contributed by atoms with van der Waals surface area (Å²) in [4.78, 5) is 106. The van der Waals surface area contributed by atoms with Gasteiger partial charge in [0.15, 0.2) is 11.3 Å². The number of hydrogen-bond donors (Lipinski definition) is 0. The molecule has 0 amide bonds. The first-order valence-electron chi connectivity index (χ1n) is 25.9. The molecule has 0 radical (unpaired) electrons. The maximum atomic E-state index is 11.8. The van der Waals surface area contributed by atoms with Gasteiger partial charge in [-0.25, -0.2) is 48.5 Å². The molecule has 0 unspecified atom stereocenters. The number of hydrogen-bond acceptors (Lipinski definition) is 16. The van der Waals surface area contributed by atoms with E-state index >= 15 is 0 Å². The van der Waals surface area contributed by atoms with E-state index in [4.69, 9.17) is 0 Å². The molecule has 12 rings (SSSR count). The highest BCUT2D eigenvalue weighted by atomic mass is 16.2. The molecular formula is C60H64N16O6. The van der Waals surface area contributed by atoms with Gasteiger partial charge in [-0.1, -0.05) is 6.07 Å². The van der Waals surface area contributed by atoms with E-state index < -0.39 is 0 Å². The molecule has 0 aliphatic rings. The van der Waals surface area contributed by atoms with Gasteiger partial charge in [0.25, 0.3) is 27.8 Å². The van der Waals surface area contributed by atoms with Crippen LogP contribution in [-0.2, 0) is 0 Å². The van der Waals surface area contributed by atoms with Crippen LogP contribution in [-0.4, -0.2) is 76.5 Å². The van der Waals surface area contributed by atoms with Crippen LogP contribution in [0.25, 0.3) is 33.8 Å². The largest absolute Gasteiger partial charge is 0.352 e. The number of pyridine rings is 2. The van der Waals surface area contributed by atoms with E-state index in [9.17, 15) is 28.8 Å². The number of rotatable bonds is 0. The minimum absolute atomic E-state index is 0.0157. The van der Waals surface area contributed by atoms with Gasteiger partial charge in [-0.15, -0.1) is 0 Å². The summed E-state index contributed by atoms with van der Waals surface area (Å²) < 4.78 is 9.31. The zero-order chi connectivity index (χ0) is 60.0. The fraction of sp³-hybridized carbons (Fsp3) is 0.267. The van der Waals surface area contributed by atoms with Crippen LogP contribution < -0.4 is 33.5 Å². The maximum Gasteiger partial charge on any atom is 0.352 e. The van der Waals surface area contributed by atoms with Crippen LogP contribution in [0.4, 0.5) is 0 Å². The molecule has 82 heavy (non-hydrogen) atoms. The molecule has 22 heteroatoms. The van der Waals surface area contributed by atoms with Crippen molar-refractivity contribution in [3.63, 3.8) is 0 Å². The average molecular weight is 1110 g/mol. The average Bonchev–Trinajstić information content (AvgIpc) is 3.59. The van der Waals surface area contributed by atoms with Crippen molar-refractivity contribution in [3.8, 4) is 0 Å². The predicted octanol–water partition coefficient (Wildman–Crippen LogP) is 6.68. The highest BCUT2D eigenvalue weighted by molar-refractivity contribution is 5.62. The van der Waals surface area contributed by atoms with E-state index in [-0.39, 0.29) is 33.5 Å². The van der Waals surface area contributed by atoms with Crippen molar-refractivity contribution >= 4 is 33.8 Å². The van der Waals surface area contributed by atoms with E-state index in [1.54, 1.807) is 70.3 Å². The maximum absolute atomic E-state index is 11.8. The van der Waals surface area contributed by atoms with Gasteiger partial charge in [0, 0.05) is 107 Å². The molecule has 0 saturated carbocycles. The van der Waals surface area contributed by atoms with E-state index in [1.165, 1.54) is 55.7 Å². The second-order valence-electron chi connectivity index (χ2n) is 19.8. The minimum atomic E-state index is -0.198. The van der Waals surface area contributed by atoms with Gasteiger partial charge in [-0.3, -0.25) is 47.1 Å². The van der Waals surface area contributed by atoms with Gasteiger partial charge in [-0.2, -0.15) is 9.61 Å². The molecule has 22 nitrogen and oxygen atoms in total. The Labute approximate surface area is 469 Å². The van der Waals surface area contributed by atoms with E-state index in [0.29, 0.717) is 34.1 Å². The van der Waals surface area contributed by atoms with E-state index in [0.717, 1.165) is 84.3 Å². The topological polar surface area (TPSA) is 258 Å². The van der Waals surface area contributed by atoms with Crippen LogP contribution in [0.15, 0.2) is 127 Å². The molecule has 420 valence electrons. The summed E-state index contributed by atoms with van der Waals surface area (Å²) >= 11 is 0. The van der Waals surface area contributed by atoms with Gasteiger partial charge < -0.3 is 0 Å². The summed E-state index contributed by atoms with van der Waals surface area (Å²) in [5.41, 5.74) is 17.4. The SMILES string of the molecule is Cc1cc(=O)n2c(C)ncc(C)c2n1.Cc1cc(C)c2c(C)ncc(=O)n2c1C.Cc1cc(C)n2c(=O)ncc(C)c2c1C.Cc1ccnc2nccc(=O)n12.Cc1ccnn2c(=O)ccnc12.Cc1cnc2c(C)ncc(C)n2c1=O. The third-order valence-corrected chi connectivity index (χ3v) is 13.5. The zero-order valence-corrected chi connectivity index (χ0v) is 48.8. The molecule has 0 fully saturated rings. The normalized spacial score (nSPS) is 10.7. The molecule has 0 aromatic carbocycles. The molecule has 0 aliphatic carbocycles. The van der Waals surface area contributed by atoms with Crippen molar-refractivity contribution in [2.24, 2.45) is 0 Å². The molecule has 0 N–H and O–H groups in total. The number of aryl methyl sites for hydroxylation is 16. The molecule has 0 saturated heterocycles. The third-order valence-electron chi connectivity index (χ3n) is 13.5. The molecule has 12 aromatic heterocycles. The van der Waals surface area contributed by atoms with Gasteiger partial charge in [0.05, 0.1) is 28.6 Å². The van der Waals surface area contributed by atoms with Crippen LogP contribution in [0, 0.1) is 111 Å². The van der Waals surface area contributed by atoms with Gasteiger partial charge in [0.2, 0.25) is 5.78 Å². The van der Waals surface area contributed by atoms with Crippen molar-refractivity contribution in [1.29, 1.82) is 0 Å². The lowest BCUT2D eigenvalue weighted by Gasteiger charge is -2.12. The van der Waals surface area contributed by atoms with Crippen LogP contribution in [0.3, 0.4) is 0 Å². The molecule has 0 spiro atoms. The fourth-order valence-electron chi connectivity index (χ4n) is 9.11. The van der Waals surface area contributed by atoms with Gasteiger partial charge in [-0.05, 0) is 162 Å². The van der Waals surface area contributed by atoms with Crippen molar-refractivity contribution in [2.45, 2.75) is 111 Å². The van der Waals surface area contributed by atoms with Crippen LogP contribution in [0.2, 0.25) is 0 Å². The van der Waals surface area contributed by atoms with Gasteiger partial charge in [0.1, 0.15) is 11.5 Å². The Morgan fingerprint density at radius 2 is 1.01 bits per heavy atom. The van der Waals surface area contributed by atoms with Gasteiger partial charge >= 0.3 is 5.69 Å². The lowest BCUT2D eigenvalue weighted by molar-refractivity contribution is 0.859. The van der Waals surface area contributed by atoms with Crippen molar-refractivity contribution in [1.82, 2.24) is 76.5 Å². The summed E-state index contributed by atoms with van der Waals surface area (Å²) in [5, 5.41) is 3.88. The first-order chi connectivity index (χ1) is 38.8. The third kappa shape index (κ3) is 12.5. The summed E-state index contributed by atoms with van der Waals surface area (Å²) in [7, 11) is 0. The Morgan fingerprint density at radius 3 is 1.71 bits per heavy atom. The Bertz CT molecular complexity index is 4820. The second-order valence-corrected chi connectivity index (χ2v) is 19.8. The van der Waals surface area contributed by atoms with Crippen molar-refractivity contribution < 1.29 is 0 Å². The second kappa shape index (κ2) is 24.9. The highest BCUT2D eigenvalue weighted by Crippen LogP contribution is 2.19. The van der Waals surface area contributed by atoms with Crippen LogP contribution in [0.5, 0.6) is 0 Å². The Hall–Kier alpha value is -10.1. The standard InChI is InChI=1S/2C12H14N2O.2C10H11N3O.2C8H7N3O/c1-7-5-9(3)14-11(10(7)4)8(2)6-13-12(14)15;1-7-5-8(2)12-9(3)13-6-11(15)14(12)10(7)4;1-6-5-11-8(3)13-9(14)4-7(2)12-10(6)13;1-6-4-12-9-8(3)11-5-7(2)13(9)10(6)14;1-6-2-5-10-11-7(12)3-4-9-8(6)11;1-6-2-4-9-8-10-5-3-7(12)11(6)8/h2*5-6H,1-4H3;2*4-5H,1-3H3;2*2-5H,1H3. The number of fused-ring (bicyclic) bond motifs is 6. The lowest BCUT2D eigenvalue weighted by Crippen LogP contribution is -2.20. The molecule has 0 bridgehead atoms. The fourth-order valence-corrected chi connectivity index (χ4v) is 9.11. The summed E-state index contributed by atoms with van der Waals surface area (Å²) in [6.07, 6.45) is 14.2. The Kier molecular flexibility index (Phi) is 18.1. The Morgan fingerprint density at radius 1 is 0.366 bits per heavy atom. The summed E-state index contributed by atoms with van der Waals surface area (Å²) in [6, 6.07) is 12.0. The van der Waals surface area contributed by atoms with Crippen LogP contribution >= 0.6 is 0 Å². The quantitative estimate of drug-likeness (QED) is 0.153. The Balaban J connectivity index is 0.000000142. The summed E-state index contributed by atoms with van der Waals surface area (Å²) in [5.74, 6) is 1.12. The molecule has 12 aromatic rings. The molecule has 0 atom stereocenters. The zero-order valence-electron chi connectivity index (χ0n) is 48.8. The lowest BCUT2D eigenvalue weighted by atomic mass is 10.1. The van der Waals surface area contributed by atoms with E-state index in [2.05, 4.69) is 62.9 Å². The first kappa shape index (κ1) is 59.5. The smallest absolute Gasteiger partial charge is 0.278 e. The van der Waals surface area contributed by atoms with Crippen molar-refractivity contribution in [3.05, 3.63) is 251 Å². The summed E-state index contributed by atoms with van der Waals surface area (Å²) in [6.45, 7) is 30.6. The predicted molar refractivity (Wildman–Crippen MR) is 316 cm³/mol. The minimum Gasteiger partial charge on any atom is -0.278 e. The van der Waals surface area contributed by atoms with Crippen molar-refractivity contribution in [2.75, 3.05) is 0 Å². The monoisotopic (exact) mass is 1100 g/mol. The molecule has 12 heterocycles.